The lowest BCUT2D eigenvalue weighted by Gasteiger charge is -2.17. The molecule has 2 amide bonds. The molecule has 4 heterocycles. The predicted octanol–water partition coefficient (Wildman–Crippen LogP) is 3.66. The lowest BCUT2D eigenvalue weighted by Crippen LogP contribution is -2.30. The number of alkyl halides is 1. The summed E-state index contributed by atoms with van der Waals surface area (Å²) >= 11 is 6.21. The first kappa shape index (κ1) is 19.4. The van der Waals surface area contributed by atoms with E-state index in [-0.39, 0.29) is 29.4 Å². The van der Waals surface area contributed by atoms with Crippen LogP contribution in [0.2, 0.25) is 0 Å². The van der Waals surface area contributed by atoms with E-state index in [4.69, 9.17) is 16.0 Å². The van der Waals surface area contributed by atoms with E-state index in [0.717, 1.165) is 5.56 Å². The van der Waals surface area contributed by atoms with Gasteiger partial charge >= 0.3 is 0 Å². The number of nitrogens with one attached hydrogen (secondary N) is 2. The molecular weight excluding hydrogens is 422 g/mol. The number of aryl methyl sites for hydroxylation is 1. The molecule has 0 spiro atoms. The molecule has 0 radical (unpaired) electrons. The van der Waals surface area contributed by atoms with Crippen LogP contribution in [0, 0.1) is 6.92 Å². The average Bonchev–Trinajstić information content (AvgIpc) is 3.41. The monoisotopic (exact) mass is 439 g/mol. The number of rotatable bonds is 3. The van der Waals surface area contributed by atoms with Gasteiger partial charge in [0.1, 0.15) is 16.9 Å². The Kier molecular flexibility index (Phi) is 4.37. The highest BCUT2D eigenvalue weighted by molar-refractivity contribution is 6.19. The summed E-state index contributed by atoms with van der Waals surface area (Å²) < 4.78 is 5.52. The molecular formula is C21H18ClN5O4. The number of benzene rings is 1. The summed E-state index contributed by atoms with van der Waals surface area (Å²) in [6, 6.07) is 4.94. The summed E-state index contributed by atoms with van der Waals surface area (Å²) in [7, 11) is 0. The summed E-state index contributed by atoms with van der Waals surface area (Å²) in [5, 5.41) is 13.8. The molecule has 1 aliphatic rings. The van der Waals surface area contributed by atoms with Gasteiger partial charge in [-0.25, -0.2) is 9.97 Å². The van der Waals surface area contributed by atoms with E-state index < -0.39 is 0 Å². The van der Waals surface area contributed by atoms with Gasteiger partial charge in [0.25, 0.3) is 5.91 Å². The molecule has 0 aliphatic carbocycles. The Morgan fingerprint density at radius 2 is 2.19 bits per heavy atom. The van der Waals surface area contributed by atoms with Crippen molar-refractivity contribution in [1.29, 1.82) is 0 Å². The van der Waals surface area contributed by atoms with Gasteiger partial charge in [0.15, 0.2) is 17.2 Å². The summed E-state index contributed by atoms with van der Waals surface area (Å²) in [6.45, 7) is 3.46. The van der Waals surface area contributed by atoms with Crippen molar-refractivity contribution in [2.75, 3.05) is 22.6 Å². The highest BCUT2D eigenvalue weighted by atomic mass is 35.5. The highest BCUT2D eigenvalue weighted by Crippen LogP contribution is 2.45. The zero-order chi connectivity index (χ0) is 21.9. The number of hydrogen-bond acceptors (Lipinski definition) is 6. The van der Waals surface area contributed by atoms with Crippen LogP contribution in [0.15, 0.2) is 28.8 Å². The van der Waals surface area contributed by atoms with Gasteiger partial charge in [-0.2, -0.15) is 0 Å². The number of aromatic nitrogens is 3. The van der Waals surface area contributed by atoms with Crippen LogP contribution in [0.4, 0.5) is 11.4 Å². The molecule has 9 nitrogen and oxygen atoms in total. The summed E-state index contributed by atoms with van der Waals surface area (Å²) in [5.41, 5.74) is 3.55. The van der Waals surface area contributed by atoms with Gasteiger partial charge in [-0.3, -0.25) is 9.59 Å². The first-order valence-electron chi connectivity index (χ1n) is 9.63. The van der Waals surface area contributed by atoms with E-state index in [1.165, 1.54) is 19.2 Å². The quantitative estimate of drug-likeness (QED) is 0.418. The van der Waals surface area contributed by atoms with Crippen LogP contribution in [0.3, 0.4) is 0 Å². The van der Waals surface area contributed by atoms with Crippen molar-refractivity contribution in [2.45, 2.75) is 19.8 Å². The number of nitrogens with zero attached hydrogens (tertiary/aromatic N) is 3. The van der Waals surface area contributed by atoms with Crippen molar-refractivity contribution in [3.63, 3.8) is 0 Å². The number of phenolic OH excluding ortho intramolecular Hbond substituents is 1. The van der Waals surface area contributed by atoms with Crippen molar-refractivity contribution in [2.24, 2.45) is 0 Å². The first-order valence-corrected chi connectivity index (χ1v) is 10.2. The van der Waals surface area contributed by atoms with Gasteiger partial charge in [-0.1, -0.05) is 0 Å². The molecule has 4 aromatic rings. The van der Waals surface area contributed by atoms with Gasteiger partial charge in [-0.15, -0.1) is 11.6 Å². The molecule has 10 heteroatoms. The van der Waals surface area contributed by atoms with Crippen LogP contribution in [0.5, 0.6) is 5.75 Å². The smallest absolute Gasteiger partial charge is 0.274 e. The molecule has 1 unspecified atom stereocenters. The average molecular weight is 440 g/mol. The fourth-order valence-corrected chi connectivity index (χ4v) is 4.33. The van der Waals surface area contributed by atoms with Crippen molar-refractivity contribution in [1.82, 2.24) is 15.0 Å². The molecule has 0 saturated carbocycles. The molecule has 158 valence electrons. The lowest BCUT2D eigenvalue weighted by molar-refractivity contribution is -0.114. The molecule has 3 N–H and O–H groups in total. The van der Waals surface area contributed by atoms with E-state index in [0.29, 0.717) is 51.6 Å². The normalized spacial score (nSPS) is 15.6. The zero-order valence-electron chi connectivity index (χ0n) is 16.7. The number of halogens is 1. The Balaban J connectivity index is 1.57. The second-order valence-electron chi connectivity index (χ2n) is 7.53. The number of phenols is 1. The number of carbonyl (C=O) groups excluding carboxylic acids is 2. The number of pyridine rings is 1. The number of carbonyl (C=O) groups is 2. The molecule has 5 rings (SSSR count). The summed E-state index contributed by atoms with van der Waals surface area (Å²) in [4.78, 5) is 37.9. The van der Waals surface area contributed by atoms with Gasteiger partial charge < -0.3 is 24.7 Å². The van der Waals surface area contributed by atoms with Crippen LogP contribution in [-0.2, 0) is 4.79 Å². The molecule has 0 saturated heterocycles. The number of aromatic amines is 1. The fourth-order valence-electron chi connectivity index (χ4n) is 4.08. The van der Waals surface area contributed by atoms with E-state index in [1.54, 1.807) is 24.0 Å². The van der Waals surface area contributed by atoms with Gasteiger partial charge in [-0.05, 0) is 12.1 Å². The van der Waals surface area contributed by atoms with E-state index >= 15 is 0 Å². The van der Waals surface area contributed by atoms with Crippen LogP contribution in [0.25, 0.3) is 22.1 Å². The Labute approximate surface area is 181 Å². The van der Waals surface area contributed by atoms with E-state index in [1.807, 2.05) is 0 Å². The lowest BCUT2D eigenvalue weighted by atomic mass is 10.0. The Bertz CT molecular complexity index is 1380. The largest absolute Gasteiger partial charge is 0.504 e. The van der Waals surface area contributed by atoms with Crippen molar-refractivity contribution in [3.05, 3.63) is 41.5 Å². The molecule has 1 aromatic carbocycles. The SMILES string of the molecule is CC(=O)Nc1cnc2[nH]c(C(=O)N3CC(CCl)c4c3cc(O)c3oc(C)nc43)cc2c1. The molecule has 3 aromatic heterocycles. The second-order valence-corrected chi connectivity index (χ2v) is 7.84. The summed E-state index contributed by atoms with van der Waals surface area (Å²) in [5.74, 6) is -0.0113. The molecule has 1 atom stereocenters. The third-order valence-corrected chi connectivity index (χ3v) is 5.70. The molecule has 31 heavy (non-hydrogen) atoms. The Morgan fingerprint density at radius 1 is 1.39 bits per heavy atom. The number of aromatic hydroxyl groups is 1. The van der Waals surface area contributed by atoms with Gasteiger partial charge in [0.2, 0.25) is 5.91 Å². The van der Waals surface area contributed by atoms with Crippen molar-refractivity contribution in [3.8, 4) is 5.75 Å². The van der Waals surface area contributed by atoms with Crippen LogP contribution in [0.1, 0.15) is 34.8 Å². The highest BCUT2D eigenvalue weighted by Gasteiger charge is 2.37. The maximum Gasteiger partial charge on any atom is 0.274 e. The standard InChI is InChI=1S/C21H18ClN5O4/c1-9(28)24-13-3-11-4-14(26-20(11)23-7-13)21(30)27-8-12(6-22)17-15(27)5-16(29)19-18(17)25-10(2)31-19/h3-5,7,12,29H,6,8H2,1-2H3,(H,23,26)(H,24,28). The van der Waals surface area contributed by atoms with E-state index in [2.05, 4.69) is 20.3 Å². The fraction of sp³-hybridized carbons (Fsp3) is 0.238. The minimum absolute atomic E-state index is 0.0827. The predicted molar refractivity (Wildman–Crippen MR) is 116 cm³/mol. The van der Waals surface area contributed by atoms with E-state index in [9.17, 15) is 14.7 Å². The Hall–Kier alpha value is -3.59. The number of hydrogen-bond donors (Lipinski definition) is 3. The number of H-pyrrole nitrogens is 1. The van der Waals surface area contributed by atoms with Crippen molar-refractivity contribution < 1.29 is 19.1 Å². The number of fused-ring (bicyclic) bond motifs is 4. The van der Waals surface area contributed by atoms with Gasteiger partial charge in [0, 0.05) is 49.2 Å². The molecule has 1 aliphatic heterocycles. The first-order chi connectivity index (χ1) is 14.9. The maximum absolute atomic E-state index is 13.4. The summed E-state index contributed by atoms with van der Waals surface area (Å²) in [6.07, 6.45) is 1.52. The Morgan fingerprint density at radius 3 is 2.94 bits per heavy atom. The van der Waals surface area contributed by atoms with Crippen LogP contribution >= 0.6 is 11.6 Å². The van der Waals surface area contributed by atoms with Crippen LogP contribution < -0.4 is 10.2 Å². The number of oxazole rings is 1. The minimum atomic E-state index is -0.285. The topological polar surface area (TPSA) is 124 Å². The maximum atomic E-state index is 13.4. The third-order valence-electron chi connectivity index (χ3n) is 5.33. The van der Waals surface area contributed by atoms with Crippen LogP contribution in [-0.4, -0.2) is 44.3 Å². The third kappa shape index (κ3) is 3.09. The minimum Gasteiger partial charge on any atom is -0.504 e. The van der Waals surface area contributed by atoms with Crippen molar-refractivity contribution >= 4 is 56.9 Å². The number of amides is 2. The molecule has 0 bridgehead atoms. The van der Waals surface area contributed by atoms with Gasteiger partial charge in [0.05, 0.1) is 17.6 Å². The molecule has 0 fully saturated rings. The number of anilines is 2. The second kappa shape index (κ2) is 6.98. The zero-order valence-corrected chi connectivity index (χ0v) is 17.4.